The summed E-state index contributed by atoms with van der Waals surface area (Å²) in [4.78, 5) is 10.1. The monoisotopic (exact) mass is 266 g/mol. The first-order chi connectivity index (χ1) is 9.11. The fourth-order valence-electron chi connectivity index (χ4n) is 2.10. The van der Waals surface area contributed by atoms with E-state index in [4.69, 9.17) is 4.74 Å². The van der Waals surface area contributed by atoms with Crippen molar-refractivity contribution in [2.24, 2.45) is 0 Å². The normalized spacial score (nSPS) is 18.1. The molecule has 0 bridgehead atoms. The van der Waals surface area contributed by atoms with Crippen LogP contribution < -0.4 is 10.1 Å². The number of rotatable bonds is 4. The summed E-state index contributed by atoms with van der Waals surface area (Å²) in [6.45, 7) is 0. The van der Waals surface area contributed by atoms with Crippen LogP contribution in [-0.4, -0.2) is 18.1 Å². The highest BCUT2D eigenvalue weighted by atomic mass is 19.1. The molecule has 1 atom stereocenters. The zero-order valence-corrected chi connectivity index (χ0v) is 10.6. The van der Waals surface area contributed by atoms with Gasteiger partial charge in [0.1, 0.15) is 0 Å². The van der Waals surface area contributed by atoms with Crippen LogP contribution in [0.15, 0.2) is 24.3 Å². The van der Waals surface area contributed by atoms with Gasteiger partial charge in [-0.3, -0.25) is 10.1 Å². The average molecular weight is 266 g/mol. The molecule has 0 saturated carbocycles. The molecule has 6 heteroatoms. The van der Waals surface area contributed by atoms with Gasteiger partial charge in [0.05, 0.1) is 23.8 Å². The summed E-state index contributed by atoms with van der Waals surface area (Å²) in [5.41, 5.74) is -0.128. The minimum Gasteiger partial charge on any atom is -0.490 e. The molecule has 102 valence electrons. The zero-order chi connectivity index (χ0) is 13.8. The first-order valence-corrected chi connectivity index (χ1v) is 6.05. The Bertz CT molecular complexity index is 517. The molecule has 1 aromatic carbocycles. The maximum absolute atomic E-state index is 13.8. The highest BCUT2D eigenvalue weighted by molar-refractivity contribution is 5.59. The van der Waals surface area contributed by atoms with Crippen LogP contribution >= 0.6 is 0 Å². The molecular weight excluding hydrogens is 251 g/mol. The van der Waals surface area contributed by atoms with E-state index >= 15 is 0 Å². The van der Waals surface area contributed by atoms with Crippen molar-refractivity contribution in [2.45, 2.75) is 25.3 Å². The van der Waals surface area contributed by atoms with Gasteiger partial charge < -0.3 is 10.1 Å². The number of hydrogen-bond donors (Lipinski definition) is 1. The summed E-state index contributed by atoms with van der Waals surface area (Å²) >= 11 is 0. The van der Waals surface area contributed by atoms with Crippen LogP contribution in [0, 0.1) is 15.9 Å². The van der Waals surface area contributed by atoms with E-state index in [1.165, 1.54) is 13.2 Å². The summed E-state index contributed by atoms with van der Waals surface area (Å²) in [5, 5.41) is 13.8. The predicted octanol–water partition coefficient (Wildman–Crippen LogP) is 3.26. The number of halogens is 1. The first kappa shape index (κ1) is 13.3. The van der Waals surface area contributed by atoms with E-state index in [0.717, 1.165) is 25.3 Å². The van der Waals surface area contributed by atoms with Crippen LogP contribution in [0.4, 0.5) is 15.8 Å². The molecule has 0 aromatic heterocycles. The molecule has 5 nitrogen and oxygen atoms in total. The maximum atomic E-state index is 13.8. The number of hydrogen-bond acceptors (Lipinski definition) is 4. The van der Waals surface area contributed by atoms with Crippen molar-refractivity contribution < 1.29 is 14.1 Å². The van der Waals surface area contributed by atoms with Gasteiger partial charge in [-0.1, -0.05) is 12.2 Å². The number of nitrogens with zero attached hydrogens (tertiary/aromatic N) is 1. The van der Waals surface area contributed by atoms with Crippen molar-refractivity contribution in [1.82, 2.24) is 0 Å². The minimum atomic E-state index is -0.658. The lowest BCUT2D eigenvalue weighted by molar-refractivity contribution is -0.385. The zero-order valence-electron chi connectivity index (χ0n) is 10.6. The van der Waals surface area contributed by atoms with E-state index in [2.05, 4.69) is 11.4 Å². The topological polar surface area (TPSA) is 64.4 Å². The molecule has 1 aliphatic rings. The molecule has 2 rings (SSSR count). The number of nitrogens with one attached hydrogen (secondary N) is 1. The van der Waals surface area contributed by atoms with E-state index < -0.39 is 10.7 Å². The van der Waals surface area contributed by atoms with Gasteiger partial charge in [-0.05, 0) is 19.3 Å². The second kappa shape index (κ2) is 5.69. The molecule has 0 fully saturated rings. The van der Waals surface area contributed by atoms with Gasteiger partial charge in [-0.2, -0.15) is 0 Å². The smallest absolute Gasteiger partial charge is 0.313 e. The summed E-state index contributed by atoms with van der Waals surface area (Å²) < 4.78 is 18.8. The fourth-order valence-corrected chi connectivity index (χ4v) is 2.10. The summed E-state index contributed by atoms with van der Waals surface area (Å²) in [6, 6.07) is 2.37. The van der Waals surface area contributed by atoms with E-state index in [-0.39, 0.29) is 23.2 Å². The molecule has 0 saturated heterocycles. The standard InChI is InChI=1S/C13H15FN2O3/c1-19-13-8-11(10(14)7-12(13)16(17)18)15-9-5-3-2-4-6-9/h2-3,7-9,15H,4-6H2,1H3. The van der Waals surface area contributed by atoms with E-state index in [1.54, 1.807) is 0 Å². The predicted molar refractivity (Wildman–Crippen MR) is 70.0 cm³/mol. The quantitative estimate of drug-likeness (QED) is 0.516. The molecule has 0 heterocycles. The Kier molecular flexibility index (Phi) is 3.99. The maximum Gasteiger partial charge on any atom is 0.313 e. The van der Waals surface area contributed by atoms with Gasteiger partial charge in [-0.25, -0.2) is 4.39 Å². The lowest BCUT2D eigenvalue weighted by Crippen LogP contribution is -2.21. The second-order valence-electron chi connectivity index (χ2n) is 4.39. The van der Waals surface area contributed by atoms with Crippen LogP contribution in [0.25, 0.3) is 0 Å². The Labute approximate surface area is 110 Å². The Hall–Kier alpha value is -2.11. The van der Waals surface area contributed by atoms with E-state index in [1.807, 2.05) is 6.08 Å². The molecular formula is C13H15FN2O3. The number of anilines is 1. The Balaban J connectivity index is 2.25. The molecule has 1 unspecified atom stereocenters. The van der Waals surface area contributed by atoms with Crippen LogP contribution in [0.1, 0.15) is 19.3 Å². The summed E-state index contributed by atoms with van der Waals surface area (Å²) in [6.07, 6.45) is 6.81. The van der Waals surface area contributed by atoms with Crippen molar-refractivity contribution in [2.75, 3.05) is 12.4 Å². The van der Waals surface area contributed by atoms with Crippen molar-refractivity contribution in [3.63, 3.8) is 0 Å². The third kappa shape index (κ3) is 3.01. The van der Waals surface area contributed by atoms with Gasteiger partial charge in [0.15, 0.2) is 11.6 Å². The lowest BCUT2D eigenvalue weighted by Gasteiger charge is -2.21. The number of ether oxygens (including phenoxy) is 1. The Morgan fingerprint density at radius 2 is 2.26 bits per heavy atom. The number of nitro groups is 1. The second-order valence-corrected chi connectivity index (χ2v) is 4.39. The fraction of sp³-hybridized carbons (Fsp3) is 0.385. The van der Waals surface area contributed by atoms with Crippen molar-refractivity contribution in [3.8, 4) is 5.75 Å². The van der Waals surface area contributed by atoms with Gasteiger partial charge in [0.25, 0.3) is 0 Å². The number of methoxy groups -OCH3 is 1. The van der Waals surface area contributed by atoms with Crippen LogP contribution in [0.5, 0.6) is 5.75 Å². The van der Waals surface area contributed by atoms with E-state index in [0.29, 0.717) is 0 Å². The van der Waals surface area contributed by atoms with Crippen LogP contribution in [-0.2, 0) is 0 Å². The molecule has 0 amide bonds. The largest absolute Gasteiger partial charge is 0.490 e. The number of benzene rings is 1. The molecule has 1 aromatic rings. The number of allylic oxidation sites excluding steroid dienone is 1. The Morgan fingerprint density at radius 3 is 2.84 bits per heavy atom. The van der Waals surface area contributed by atoms with E-state index in [9.17, 15) is 14.5 Å². The molecule has 1 N–H and O–H groups in total. The minimum absolute atomic E-state index is 0.0558. The van der Waals surface area contributed by atoms with Crippen LogP contribution in [0.2, 0.25) is 0 Å². The van der Waals surface area contributed by atoms with Crippen molar-refractivity contribution >= 4 is 11.4 Å². The third-order valence-electron chi connectivity index (χ3n) is 3.09. The summed E-state index contributed by atoms with van der Waals surface area (Å²) in [7, 11) is 1.33. The van der Waals surface area contributed by atoms with Gasteiger partial charge in [-0.15, -0.1) is 0 Å². The summed E-state index contributed by atoms with van der Waals surface area (Å²) in [5.74, 6) is -0.581. The third-order valence-corrected chi connectivity index (χ3v) is 3.09. The molecule has 1 aliphatic carbocycles. The highest BCUT2D eigenvalue weighted by Gasteiger charge is 2.20. The van der Waals surface area contributed by atoms with Crippen molar-refractivity contribution in [3.05, 3.63) is 40.2 Å². The molecule has 0 aliphatic heterocycles. The molecule has 0 radical (unpaired) electrons. The van der Waals surface area contributed by atoms with Gasteiger partial charge in [0.2, 0.25) is 0 Å². The van der Waals surface area contributed by atoms with Gasteiger partial charge >= 0.3 is 5.69 Å². The van der Waals surface area contributed by atoms with Crippen molar-refractivity contribution in [1.29, 1.82) is 0 Å². The Morgan fingerprint density at radius 1 is 1.47 bits per heavy atom. The highest BCUT2D eigenvalue weighted by Crippen LogP contribution is 2.33. The molecule has 0 spiro atoms. The molecule has 19 heavy (non-hydrogen) atoms. The number of nitro benzene ring substituents is 1. The van der Waals surface area contributed by atoms with Gasteiger partial charge in [0, 0.05) is 12.1 Å². The average Bonchev–Trinajstić information content (AvgIpc) is 2.41. The lowest BCUT2D eigenvalue weighted by atomic mass is 10.0. The SMILES string of the molecule is COc1cc(NC2CC=CCC2)c(F)cc1[N+](=O)[O-]. The first-order valence-electron chi connectivity index (χ1n) is 6.05. The van der Waals surface area contributed by atoms with Crippen LogP contribution in [0.3, 0.4) is 0 Å².